The molecule has 2 N–H and O–H groups in total. The van der Waals surface area contributed by atoms with Gasteiger partial charge in [0.2, 0.25) is 5.95 Å². The molecule has 0 spiro atoms. The smallest absolute Gasteiger partial charge is 0.201 e. The molecule has 3 rings (SSSR count). The molecule has 102 valence electrons. The highest BCUT2D eigenvalue weighted by Crippen LogP contribution is 2.30. The normalized spacial score (nSPS) is 16.5. The SMILES string of the molecule is Nc1nc2ccc(F)c(F)c2n1CCC1CCCC1. The number of nitrogen functional groups attached to an aromatic ring is 1. The van der Waals surface area contributed by atoms with Crippen LogP contribution in [0.3, 0.4) is 0 Å². The average Bonchev–Trinajstić information content (AvgIpc) is 2.99. The Hall–Kier alpha value is -1.65. The first-order chi connectivity index (χ1) is 9.16. The highest BCUT2D eigenvalue weighted by Gasteiger charge is 2.19. The van der Waals surface area contributed by atoms with Crippen molar-refractivity contribution in [2.75, 3.05) is 5.73 Å². The van der Waals surface area contributed by atoms with Crippen molar-refractivity contribution in [3.63, 3.8) is 0 Å². The summed E-state index contributed by atoms with van der Waals surface area (Å²) >= 11 is 0. The van der Waals surface area contributed by atoms with Crippen LogP contribution >= 0.6 is 0 Å². The van der Waals surface area contributed by atoms with Crippen LogP contribution in [0, 0.1) is 17.6 Å². The topological polar surface area (TPSA) is 43.8 Å². The number of hydrogen-bond acceptors (Lipinski definition) is 2. The van der Waals surface area contributed by atoms with Gasteiger partial charge in [-0.3, -0.25) is 0 Å². The number of hydrogen-bond donors (Lipinski definition) is 1. The summed E-state index contributed by atoms with van der Waals surface area (Å²) in [4.78, 5) is 4.09. The summed E-state index contributed by atoms with van der Waals surface area (Å²) in [6.45, 7) is 0.605. The molecule has 1 aromatic carbocycles. The Morgan fingerprint density at radius 2 is 2.00 bits per heavy atom. The zero-order chi connectivity index (χ0) is 13.4. The maximum atomic E-state index is 13.9. The molecular formula is C14H17F2N3. The minimum absolute atomic E-state index is 0.190. The summed E-state index contributed by atoms with van der Waals surface area (Å²) in [5, 5.41) is 0. The van der Waals surface area contributed by atoms with Crippen LogP contribution in [-0.4, -0.2) is 9.55 Å². The summed E-state index contributed by atoms with van der Waals surface area (Å²) in [5.41, 5.74) is 6.43. The van der Waals surface area contributed by atoms with E-state index >= 15 is 0 Å². The number of anilines is 1. The van der Waals surface area contributed by atoms with Crippen LogP contribution in [0.2, 0.25) is 0 Å². The van der Waals surface area contributed by atoms with Crippen molar-refractivity contribution in [1.82, 2.24) is 9.55 Å². The van der Waals surface area contributed by atoms with Crippen molar-refractivity contribution < 1.29 is 8.78 Å². The Balaban J connectivity index is 1.92. The molecule has 0 bridgehead atoms. The van der Waals surface area contributed by atoms with Crippen molar-refractivity contribution in [2.45, 2.75) is 38.6 Å². The maximum Gasteiger partial charge on any atom is 0.201 e. The number of nitrogens with zero attached hydrogens (tertiary/aromatic N) is 2. The number of imidazole rings is 1. The molecule has 1 fully saturated rings. The molecule has 1 saturated carbocycles. The molecule has 1 heterocycles. The van der Waals surface area contributed by atoms with Crippen molar-refractivity contribution >= 4 is 17.0 Å². The minimum Gasteiger partial charge on any atom is -0.369 e. The third kappa shape index (κ3) is 2.17. The van der Waals surface area contributed by atoms with Crippen LogP contribution in [0.25, 0.3) is 11.0 Å². The largest absolute Gasteiger partial charge is 0.369 e. The van der Waals surface area contributed by atoms with E-state index in [4.69, 9.17) is 5.73 Å². The van der Waals surface area contributed by atoms with Gasteiger partial charge in [0.05, 0.1) is 5.52 Å². The van der Waals surface area contributed by atoms with Crippen LogP contribution in [0.4, 0.5) is 14.7 Å². The molecule has 0 amide bonds. The van der Waals surface area contributed by atoms with E-state index in [1.807, 2.05) is 0 Å². The lowest BCUT2D eigenvalue weighted by molar-refractivity contribution is 0.459. The molecular weight excluding hydrogens is 248 g/mol. The standard InChI is InChI=1S/C14H17F2N3/c15-10-5-6-11-13(12(10)16)19(14(17)18-11)8-7-9-3-1-2-4-9/h5-6,9H,1-4,7-8H2,(H2,17,18). The predicted octanol–water partition coefficient (Wildman–Crippen LogP) is 3.48. The monoisotopic (exact) mass is 265 g/mol. The van der Waals surface area contributed by atoms with Gasteiger partial charge < -0.3 is 10.3 Å². The molecule has 5 heteroatoms. The van der Waals surface area contributed by atoms with Gasteiger partial charge in [0.25, 0.3) is 0 Å². The van der Waals surface area contributed by atoms with Gasteiger partial charge in [-0.2, -0.15) is 0 Å². The van der Waals surface area contributed by atoms with Gasteiger partial charge >= 0.3 is 0 Å². The van der Waals surface area contributed by atoms with E-state index in [-0.39, 0.29) is 11.5 Å². The van der Waals surface area contributed by atoms with E-state index < -0.39 is 11.6 Å². The van der Waals surface area contributed by atoms with Crippen LogP contribution in [0.15, 0.2) is 12.1 Å². The van der Waals surface area contributed by atoms with E-state index in [0.29, 0.717) is 18.0 Å². The Bertz CT molecular complexity index is 600. The Labute approximate surface area is 110 Å². The third-order valence-corrected chi connectivity index (χ3v) is 4.06. The van der Waals surface area contributed by atoms with E-state index in [0.717, 1.165) is 12.5 Å². The molecule has 19 heavy (non-hydrogen) atoms. The fourth-order valence-electron chi connectivity index (χ4n) is 3.01. The van der Waals surface area contributed by atoms with Crippen molar-refractivity contribution in [3.05, 3.63) is 23.8 Å². The zero-order valence-corrected chi connectivity index (χ0v) is 10.7. The van der Waals surface area contributed by atoms with Gasteiger partial charge in [0, 0.05) is 6.54 Å². The van der Waals surface area contributed by atoms with E-state index in [9.17, 15) is 8.78 Å². The fourth-order valence-corrected chi connectivity index (χ4v) is 3.01. The highest BCUT2D eigenvalue weighted by atomic mass is 19.2. The van der Waals surface area contributed by atoms with Crippen molar-refractivity contribution in [1.29, 1.82) is 0 Å². The second-order valence-corrected chi connectivity index (χ2v) is 5.29. The molecule has 0 unspecified atom stereocenters. The molecule has 2 aromatic rings. The zero-order valence-electron chi connectivity index (χ0n) is 10.7. The fraction of sp³-hybridized carbons (Fsp3) is 0.500. The quantitative estimate of drug-likeness (QED) is 0.923. The van der Waals surface area contributed by atoms with Crippen LogP contribution in [0.5, 0.6) is 0 Å². The van der Waals surface area contributed by atoms with E-state index in [1.54, 1.807) is 4.57 Å². The molecule has 0 atom stereocenters. The van der Waals surface area contributed by atoms with Gasteiger partial charge in [0.15, 0.2) is 11.6 Å². The Morgan fingerprint density at radius 1 is 1.26 bits per heavy atom. The number of aryl methyl sites for hydroxylation is 1. The lowest BCUT2D eigenvalue weighted by Gasteiger charge is -2.11. The first-order valence-corrected chi connectivity index (χ1v) is 6.76. The van der Waals surface area contributed by atoms with Gasteiger partial charge in [-0.1, -0.05) is 25.7 Å². The van der Waals surface area contributed by atoms with Crippen LogP contribution < -0.4 is 5.73 Å². The minimum atomic E-state index is -0.854. The second-order valence-electron chi connectivity index (χ2n) is 5.29. The lowest BCUT2D eigenvalue weighted by Crippen LogP contribution is -2.08. The molecule has 0 radical (unpaired) electrons. The molecule has 1 aliphatic carbocycles. The van der Waals surface area contributed by atoms with Crippen molar-refractivity contribution in [3.8, 4) is 0 Å². The van der Waals surface area contributed by atoms with Crippen molar-refractivity contribution in [2.24, 2.45) is 5.92 Å². The van der Waals surface area contributed by atoms with Gasteiger partial charge in [-0.15, -0.1) is 0 Å². The van der Waals surface area contributed by atoms with E-state index in [1.165, 1.54) is 31.7 Å². The number of halogens is 2. The van der Waals surface area contributed by atoms with E-state index in [2.05, 4.69) is 4.98 Å². The lowest BCUT2D eigenvalue weighted by atomic mass is 10.0. The predicted molar refractivity (Wildman–Crippen MR) is 70.6 cm³/mol. The molecule has 0 saturated heterocycles. The summed E-state index contributed by atoms with van der Waals surface area (Å²) in [7, 11) is 0. The summed E-state index contributed by atoms with van der Waals surface area (Å²) in [5.74, 6) is -0.770. The highest BCUT2D eigenvalue weighted by molar-refractivity contribution is 5.79. The van der Waals surface area contributed by atoms with Gasteiger partial charge in [-0.25, -0.2) is 13.8 Å². The third-order valence-electron chi connectivity index (χ3n) is 4.06. The Kier molecular flexibility index (Phi) is 3.12. The number of nitrogens with two attached hydrogens (primary N) is 1. The summed E-state index contributed by atoms with van der Waals surface area (Å²) in [6.07, 6.45) is 5.94. The molecule has 1 aliphatic rings. The second kappa shape index (κ2) is 4.79. The molecule has 0 aliphatic heterocycles. The molecule has 1 aromatic heterocycles. The first kappa shape index (κ1) is 12.4. The Morgan fingerprint density at radius 3 is 2.74 bits per heavy atom. The van der Waals surface area contributed by atoms with Crippen LogP contribution in [0.1, 0.15) is 32.1 Å². The summed E-state index contributed by atoms with van der Waals surface area (Å²) in [6, 6.07) is 2.56. The first-order valence-electron chi connectivity index (χ1n) is 6.76. The van der Waals surface area contributed by atoms with Crippen LogP contribution in [-0.2, 0) is 6.54 Å². The number of aromatic nitrogens is 2. The van der Waals surface area contributed by atoms with Gasteiger partial charge in [0.1, 0.15) is 5.52 Å². The number of benzene rings is 1. The summed E-state index contributed by atoms with van der Waals surface area (Å²) < 4.78 is 28.8. The maximum absolute atomic E-state index is 13.9. The number of fused-ring (bicyclic) bond motifs is 1. The molecule has 3 nitrogen and oxygen atoms in total. The number of rotatable bonds is 3. The average molecular weight is 265 g/mol. The van der Waals surface area contributed by atoms with Gasteiger partial charge in [-0.05, 0) is 24.5 Å².